The van der Waals surface area contributed by atoms with Crippen LogP contribution in [0.25, 0.3) is 0 Å². The van der Waals surface area contributed by atoms with Gasteiger partial charge < -0.3 is 24.0 Å². The van der Waals surface area contributed by atoms with Gasteiger partial charge in [-0.3, -0.25) is 4.79 Å². The molecule has 8 nitrogen and oxygen atoms in total. The van der Waals surface area contributed by atoms with Gasteiger partial charge in [0.2, 0.25) is 0 Å². The fourth-order valence-electron chi connectivity index (χ4n) is 2.67. The summed E-state index contributed by atoms with van der Waals surface area (Å²) in [6.07, 6.45) is -0.315. The van der Waals surface area contributed by atoms with Crippen LogP contribution in [-0.4, -0.2) is 71.4 Å². The normalized spacial score (nSPS) is 18.1. The Balaban J connectivity index is 2.83. The van der Waals surface area contributed by atoms with Crippen molar-refractivity contribution in [1.29, 1.82) is 0 Å². The summed E-state index contributed by atoms with van der Waals surface area (Å²) in [5, 5.41) is 0. The zero-order valence-corrected chi connectivity index (χ0v) is 17.7. The third kappa shape index (κ3) is 8.49. The van der Waals surface area contributed by atoms with Crippen molar-refractivity contribution in [3.63, 3.8) is 0 Å². The zero-order valence-electron chi connectivity index (χ0n) is 17.7. The fourth-order valence-corrected chi connectivity index (χ4v) is 2.67. The SMILES string of the molecule is CCOC(=O)CCC1CN(C(=O)OC(C)(C)C)CCN1C(=O)OC(C)(C)C. The van der Waals surface area contributed by atoms with E-state index in [0.717, 1.165) is 0 Å². The Labute approximate surface area is 162 Å². The van der Waals surface area contributed by atoms with E-state index in [1.165, 1.54) is 0 Å². The quantitative estimate of drug-likeness (QED) is 0.545. The number of carbonyl (C=O) groups excluding carboxylic acids is 3. The minimum absolute atomic E-state index is 0.167. The monoisotopic (exact) mass is 386 g/mol. The smallest absolute Gasteiger partial charge is 0.410 e. The van der Waals surface area contributed by atoms with Crippen molar-refractivity contribution in [2.75, 3.05) is 26.2 Å². The number of nitrogens with zero attached hydrogens (tertiary/aromatic N) is 2. The van der Waals surface area contributed by atoms with Crippen LogP contribution in [0.15, 0.2) is 0 Å². The predicted octanol–water partition coefficient (Wildman–Crippen LogP) is 3.19. The molecule has 1 heterocycles. The number of esters is 1. The highest BCUT2D eigenvalue weighted by Gasteiger charge is 2.36. The molecule has 1 saturated heterocycles. The number of piperazine rings is 1. The van der Waals surface area contributed by atoms with Crippen LogP contribution in [0.2, 0.25) is 0 Å². The summed E-state index contributed by atoms with van der Waals surface area (Å²) in [6, 6.07) is -0.342. The number of carbonyl (C=O) groups is 3. The van der Waals surface area contributed by atoms with Crippen LogP contribution in [0, 0.1) is 0 Å². The number of hydrogen-bond acceptors (Lipinski definition) is 6. The second kappa shape index (κ2) is 9.28. The van der Waals surface area contributed by atoms with Crippen molar-refractivity contribution in [3.05, 3.63) is 0 Å². The van der Waals surface area contributed by atoms with Crippen molar-refractivity contribution in [2.24, 2.45) is 0 Å². The van der Waals surface area contributed by atoms with Crippen LogP contribution in [0.4, 0.5) is 9.59 Å². The first-order chi connectivity index (χ1) is 12.3. The Morgan fingerprint density at radius 2 is 1.48 bits per heavy atom. The molecule has 0 aliphatic carbocycles. The van der Waals surface area contributed by atoms with E-state index >= 15 is 0 Å². The van der Waals surface area contributed by atoms with Crippen LogP contribution < -0.4 is 0 Å². The lowest BCUT2D eigenvalue weighted by Crippen LogP contribution is -2.58. The Bertz CT molecular complexity index is 535. The van der Waals surface area contributed by atoms with Gasteiger partial charge in [0.05, 0.1) is 12.6 Å². The van der Waals surface area contributed by atoms with E-state index in [0.29, 0.717) is 26.1 Å². The first kappa shape index (κ1) is 23.0. The summed E-state index contributed by atoms with van der Waals surface area (Å²) in [7, 11) is 0. The molecule has 1 rings (SSSR count). The molecule has 156 valence electrons. The van der Waals surface area contributed by atoms with Crippen LogP contribution in [0.1, 0.15) is 61.3 Å². The van der Waals surface area contributed by atoms with E-state index in [-0.39, 0.29) is 25.0 Å². The Morgan fingerprint density at radius 1 is 0.926 bits per heavy atom. The van der Waals surface area contributed by atoms with E-state index in [4.69, 9.17) is 14.2 Å². The van der Waals surface area contributed by atoms with E-state index in [9.17, 15) is 14.4 Å². The molecule has 2 amide bonds. The molecule has 0 aromatic carbocycles. The standard InChI is InChI=1S/C19H34N2O6/c1-8-25-15(22)10-9-14-13-20(16(23)26-18(2,3)4)11-12-21(14)17(24)27-19(5,6)7/h14H,8-13H2,1-7H3. The van der Waals surface area contributed by atoms with Crippen molar-refractivity contribution in [2.45, 2.75) is 78.6 Å². The van der Waals surface area contributed by atoms with Crippen LogP contribution in [0.3, 0.4) is 0 Å². The van der Waals surface area contributed by atoms with Crippen molar-refractivity contribution in [3.8, 4) is 0 Å². The lowest BCUT2D eigenvalue weighted by molar-refractivity contribution is -0.143. The maximum atomic E-state index is 12.6. The summed E-state index contributed by atoms with van der Waals surface area (Å²) < 4.78 is 15.9. The first-order valence-electron chi connectivity index (χ1n) is 9.45. The second-order valence-electron chi connectivity index (χ2n) is 8.60. The summed E-state index contributed by atoms with van der Waals surface area (Å²) in [6.45, 7) is 13.8. The topological polar surface area (TPSA) is 85.4 Å². The molecule has 0 N–H and O–H groups in total. The highest BCUT2D eigenvalue weighted by Crippen LogP contribution is 2.21. The largest absolute Gasteiger partial charge is 0.466 e. The number of amides is 2. The predicted molar refractivity (Wildman–Crippen MR) is 100 cm³/mol. The molecule has 0 bridgehead atoms. The molecule has 1 aliphatic rings. The highest BCUT2D eigenvalue weighted by molar-refractivity contribution is 5.72. The number of rotatable bonds is 4. The van der Waals surface area contributed by atoms with Crippen LogP contribution in [-0.2, 0) is 19.0 Å². The van der Waals surface area contributed by atoms with Gasteiger partial charge in [0.1, 0.15) is 11.2 Å². The first-order valence-corrected chi connectivity index (χ1v) is 9.45. The van der Waals surface area contributed by atoms with Crippen LogP contribution >= 0.6 is 0 Å². The number of ether oxygens (including phenoxy) is 3. The van der Waals surface area contributed by atoms with Crippen molar-refractivity contribution in [1.82, 2.24) is 9.80 Å². The molecular weight excluding hydrogens is 352 g/mol. The Kier molecular flexibility index (Phi) is 7.92. The second-order valence-corrected chi connectivity index (χ2v) is 8.60. The Hall–Kier alpha value is -1.99. The van der Waals surface area contributed by atoms with E-state index in [2.05, 4.69) is 0 Å². The molecular formula is C19H34N2O6. The van der Waals surface area contributed by atoms with Gasteiger partial charge in [-0.25, -0.2) is 9.59 Å². The maximum absolute atomic E-state index is 12.6. The van der Waals surface area contributed by atoms with E-state index in [1.807, 2.05) is 0 Å². The number of hydrogen-bond donors (Lipinski definition) is 0. The minimum Gasteiger partial charge on any atom is -0.466 e. The fraction of sp³-hybridized carbons (Fsp3) is 0.842. The molecule has 8 heteroatoms. The molecule has 0 aromatic heterocycles. The van der Waals surface area contributed by atoms with Crippen molar-refractivity contribution < 1.29 is 28.6 Å². The van der Waals surface area contributed by atoms with E-state index in [1.54, 1.807) is 58.3 Å². The average Bonchev–Trinajstić information content (AvgIpc) is 2.49. The van der Waals surface area contributed by atoms with Crippen LogP contribution in [0.5, 0.6) is 0 Å². The van der Waals surface area contributed by atoms with Crippen molar-refractivity contribution >= 4 is 18.2 Å². The molecule has 0 spiro atoms. The third-order valence-electron chi connectivity index (χ3n) is 3.75. The summed E-state index contributed by atoms with van der Waals surface area (Å²) in [5.41, 5.74) is -1.22. The van der Waals surface area contributed by atoms with Gasteiger partial charge in [0, 0.05) is 26.1 Å². The van der Waals surface area contributed by atoms with Gasteiger partial charge in [-0.05, 0) is 54.9 Å². The van der Waals surface area contributed by atoms with Gasteiger partial charge >= 0.3 is 18.2 Å². The van der Waals surface area contributed by atoms with Gasteiger partial charge in [-0.2, -0.15) is 0 Å². The van der Waals surface area contributed by atoms with Gasteiger partial charge in [-0.15, -0.1) is 0 Å². The molecule has 0 radical (unpaired) electrons. The minimum atomic E-state index is -0.620. The third-order valence-corrected chi connectivity index (χ3v) is 3.75. The summed E-state index contributed by atoms with van der Waals surface area (Å²) in [4.78, 5) is 39.8. The summed E-state index contributed by atoms with van der Waals surface area (Å²) >= 11 is 0. The molecule has 0 aromatic rings. The molecule has 1 unspecified atom stereocenters. The molecule has 1 aliphatic heterocycles. The molecule has 27 heavy (non-hydrogen) atoms. The van der Waals surface area contributed by atoms with Gasteiger partial charge in [0.25, 0.3) is 0 Å². The van der Waals surface area contributed by atoms with Gasteiger partial charge in [-0.1, -0.05) is 0 Å². The zero-order chi connectivity index (χ0) is 20.8. The molecule has 0 saturated carbocycles. The highest BCUT2D eigenvalue weighted by atomic mass is 16.6. The molecule has 1 atom stereocenters. The molecule has 1 fully saturated rings. The average molecular weight is 386 g/mol. The van der Waals surface area contributed by atoms with Gasteiger partial charge in [0.15, 0.2) is 0 Å². The van der Waals surface area contributed by atoms with E-state index < -0.39 is 23.4 Å². The Morgan fingerprint density at radius 3 is 2.00 bits per heavy atom. The maximum Gasteiger partial charge on any atom is 0.410 e. The lowest BCUT2D eigenvalue weighted by Gasteiger charge is -2.41. The lowest BCUT2D eigenvalue weighted by atomic mass is 10.1. The summed E-state index contributed by atoms with van der Waals surface area (Å²) in [5.74, 6) is -0.323.